The Morgan fingerprint density at radius 3 is 2.16 bits per heavy atom. The highest BCUT2D eigenvalue weighted by molar-refractivity contribution is 5.86. The van der Waals surface area contributed by atoms with Gasteiger partial charge in [-0.25, -0.2) is 14.5 Å². The van der Waals surface area contributed by atoms with Gasteiger partial charge in [0.2, 0.25) is 0 Å². The number of benzene rings is 2. The van der Waals surface area contributed by atoms with Gasteiger partial charge in [-0.2, -0.15) is 22.0 Å². The summed E-state index contributed by atoms with van der Waals surface area (Å²) in [5, 5.41) is 22.3. The summed E-state index contributed by atoms with van der Waals surface area (Å²) in [7, 11) is 0. The normalized spacial score (nSPS) is 11.9. The Morgan fingerprint density at radius 1 is 1.03 bits per heavy atom. The van der Waals surface area contributed by atoms with Gasteiger partial charge in [-0.1, -0.05) is 0 Å². The highest BCUT2D eigenvalue weighted by atomic mass is 19.4. The van der Waals surface area contributed by atoms with Gasteiger partial charge in [-0.05, 0) is 48.5 Å². The average molecular weight is 444 g/mol. The number of alkyl halides is 5. The van der Waals surface area contributed by atoms with Crippen LogP contribution in [0.2, 0.25) is 0 Å². The predicted molar refractivity (Wildman–Crippen MR) is 96.0 cm³/mol. The lowest BCUT2D eigenvalue weighted by Gasteiger charge is -2.20. The van der Waals surface area contributed by atoms with Crippen LogP contribution in [0.3, 0.4) is 0 Å². The van der Waals surface area contributed by atoms with Crippen molar-refractivity contribution in [3.63, 3.8) is 0 Å². The molecule has 0 aliphatic rings. The first-order chi connectivity index (χ1) is 14.5. The van der Waals surface area contributed by atoms with E-state index in [1.165, 1.54) is 47.4 Å². The van der Waals surface area contributed by atoms with Gasteiger partial charge in [-0.15, -0.1) is 5.10 Å². The lowest BCUT2D eigenvalue weighted by molar-refractivity contribution is -0.360. The van der Waals surface area contributed by atoms with Gasteiger partial charge >= 0.3 is 18.4 Å². The van der Waals surface area contributed by atoms with E-state index >= 15 is 0 Å². The molecular weight excluding hydrogens is 431 g/mol. The summed E-state index contributed by atoms with van der Waals surface area (Å²) in [4.78, 5) is 15.8. The molecule has 2 aromatic carbocycles. The first kappa shape index (κ1) is 22.0. The molecule has 2 N–H and O–H groups in total. The fourth-order valence-electron chi connectivity index (χ4n) is 2.44. The van der Waals surface area contributed by atoms with E-state index in [1.54, 1.807) is 0 Å². The summed E-state index contributed by atoms with van der Waals surface area (Å²) in [6.45, 7) is -0.726. The maximum Gasteiger partial charge on any atom is 0.499 e. The van der Waals surface area contributed by atoms with E-state index in [1.807, 2.05) is 0 Å². The molecule has 13 heteroatoms. The number of nitrogens with zero attached hydrogens (tertiary/aromatic N) is 4. The Morgan fingerprint density at radius 2 is 1.65 bits per heavy atom. The van der Waals surface area contributed by atoms with Crippen molar-refractivity contribution in [3.05, 3.63) is 54.9 Å². The maximum atomic E-state index is 13.0. The number of hydrogen-bond donors (Lipinski definition) is 2. The van der Waals surface area contributed by atoms with Gasteiger partial charge in [0, 0.05) is 11.3 Å². The summed E-state index contributed by atoms with van der Waals surface area (Å²) < 4.78 is 67.5. The molecule has 0 saturated heterocycles. The van der Waals surface area contributed by atoms with Gasteiger partial charge in [0.15, 0.2) is 5.82 Å². The van der Waals surface area contributed by atoms with Crippen LogP contribution in [0.25, 0.3) is 17.1 Å². The number of ether oxygens (including phenoxy) is 1. The number of hydrogen-bond acceptors (Lipinski definition) is 5. The van der Waals surface area contributed by atoms with E-state index in [9.17, 15) is 26.7 Å². The number of carboxylic acid groups (broad SMARTS) is 1. The van der Waals surface area contributed by atoms with Crippen LogP contribution in [0.5, 0.6) is 5.75 Å². The fraction of sp³-hybridized carbons (Fsp3) is 0.167. The summed E-state index contributed by atoms with van der Waals surface area (Å²) in [5.74, 6) is -0.449. The molecule has 164 valence electrons. The van der Waals surface area contributed by atoms with Crippen molar-refractivity contribution in [2.45, 2.75) is 12.3 Å². The second-order valence-electron chi connectivity index (χ2n) is 6.02. The molecule has 0 unspecified atom stereocenters. The Labute approximate surface area is 170 Å². The van der Waals surface area contributed by atoms with Crippen molar-refractivity contribution in [1.82, 2.24) is 14.8 Å². The Kier molecular flexibility index (Phi) is 5.79. The number of carbonyl (C=O) groups is 1. The van der Waals surface area contributed by atoms with Gasteiger partial charge < -0.3 is 14.9 Å². The van der Waals surface area contributed by atoms with Crippen molar-refractivity contribution in [2.24, 2.45) is 0 Å². The summed E-state index contributed by atoms with van der Waals surface area (Å²) in [5.41, 5.74) is 1.05. The van der Waals surface area contributed by atoms with Crippen molar-refractivity contribution < 1.29 is 41.7 Å². The molecule has 0 spiro atoms. The van der Waals surface area contributed by atoms with Crippen LogP contribution in [-0.4, -0.2) is 50.1 Å². The highest BCUT2D eigenvalue weighted by Gasteiger charge is 2.61. The van der Waals surface area contributed by atoms with Crippen molar-refractivity contribution in [3.8, 4) is 22.8 Å². The zero-order valence-corrected chi connectivity index (χ0v) is 15.3. The van der Waals surface area contributed by atoms with E-state index in [2.05, 4.69) is 14.8 Å². The van der Waals surface area contributed by atoms with Gasteiger partial charge in [-0.3, -0.25) is 4.90 Å². The van der Waals surface area contributed by atoms with E-state index in [0.717, 1.165) is 12.1 Å². The molecule has 8 nitrogen and oxygen atoms in total. The third kappa shape index (κ3) is 4.71. The lowest BCUT2D eigenvalue weighted by Crippen LogP contribution is -2.41. The minimum absolute atomic E-state index is 0.226. The monoisotopic (exact) mass is 444 g/mol. The molecule has 3 rings (SSSR count). The number of aliphatic hydroxyl groups excluding tert-OH is 1. The molecular formula is C18H13F5N4O4. The third-order valence-corrected chi connectivity index (χ3v) is 3.98. The molecule has 31 heavy (non-hydrogen) atoms. The quantitative estimate of drug-likeness (QED) is 0.442. The number of halogens is 5. The van der Waals surface area contributed by atoms with Crippen LogP contribution in [0.4, 0.5) is 32.4 Å². The van der Waals surface area contributed by atoms with Crippen LogP contribution >= 0.6 is 0 Å². The predicted octanol–water partition coefficient (Wildman–Crippen LogP) is 3.90. The second-order valence-corrected chi connectivity index (χ2v) is 6.02. The first-order valence-electron chi connectivity index (χ1n) is 8.39. The average Bonchev–Trinajstić information content (AvgIpc) is 3.18. The molecule has 0 fully saturated rings. The van der Waals surface area contributed by atoms with Crippen LogP contribution < -0.4 is 9.64 Å². The zero-order chi connectivity index (χ0) is 22.8. The second kappa shape index (κ2) is 8.18. The summed E-state index contributed by atoms with van der Waals surface area (Å²) in [6.07, 6.45) is -11.2. The maximum absolute atomic E-state index is 13.0. The minimum Gasteiger partial charge on any atom is -0.465 e. The lowest BCUT2D eigenvalue weighted by atomic mass is 10.2. The number of aliphatic hydroxyl groups is 1. The van der Waals surface area contributed by atoms with Gasteiger partial charge in [0.1, 0.15) is 18.8 Å². The molecule has 0 aliphatic carbocycles. The highest BCUT2D eigenvalue weighted by Crippen LogP contribution is 2.37. The Bertz CT molecular complexity index is 1050. The van der Waals surface area contributed by atoms with Gasteiger partial charge in [0.25, 0.3) is 0 Å². The molecule has 0 atom stereocenters. The van der Waals surface area contributed by atoms with Crippen molar-refractivity contribution >= 4 is 11.8 Å². The van der Waals surface area contributed by atoms with E-state index in [0.29, 0.717) is 16.2 Å². The molecule has 1 amide bonds. The van der Waals surface area contributed by atoms with E-state index in [-0.39, 0.29) is 11.5 Å². The van der Waals surface area contributed by atoms with E-state index < -0.39 is 30.9 Å². The summed E-state index contributed by atoms with van der Waals surface area (Å²) in [6, 6.07) is 10.2. The zero-order valence-electron chi connectivity index (χ0n) is 15.3. The molecule has 0 radical (unpaired) electrons. The molecule has 3 aromatic rings. The summed E-state index contributed by atoms with van der Waals surface area (Å²) >= 11 is 0. The van der Waals surface area contributed by atoms with Crippen LogP contribution in [-0.2, 0) is 0 Å². The van der Waals surface area contributed by atoms with Crippen molar-refractivity contribution in [2.75, 3.05) is 11.6 Å². The van der Waals surface area contributed by atoms with Crippen LogP contribution in [0.1, 0.15) is 0 Å². The smallest absolute Gasteiger partial charge is 0.465 e. The SMILES string of the molecule is O=C(O)N(CO)c1ccc(-c2ncn(-c3ccc(OC(F)(F)C(F)(F)F)cc3)n2)cc1. The van der Waals surface area contributed by atoms with Crippen molar-refractivity contribution in [1.29, 1.82) is 0 Å². The number of amides is 1. The standard InChI is InChI=1S/C18H13F5N4O4/c19-17(20,21)18(22,23)31-14-7-5-13(6-8-14)27-9-24-15(25-27)11-1-3-12(4-2-11)26(10-28)16(29)30/h1-9,28H,10H2,(H,29,30). The van der Waals surface area contributed by atoms with Gasteiger partial charge in [0.05, 0.1) is 5.69 Å². The number of rotatable bonds is 6. The molecule has 0 aliphatic heterocycles. The first-order valence-corrected chi connectivity index (χ1v) is 8.39. The number of aromatic nitrogens is 3. The Hall–Kier alpha value is -3.74. The van der Waals surface area contributed by atoms with Crippen LogP contribution in [0.15, 0.2) is 54.9 Å². The fourth-order valence-corrected chi connectivity index (χ4v) is 2.44. The number of anilines is 1. The molecule has 0 saturated carbocycles. The van der Waals surface area contributed by atoms with E-state index in [4.69, 9.17) is 10.2 Å². The minimum atomic E-state index is -5.85. The topological polar surface area (TPSA) is 101 Å². The third-order valence-electron chi connectivity index (χ3n) is 3.98. The molecule has 0 bridgehead atoms. The molecule has 1 heterocycles. The Balaban J connectivity index is 1.76. The largest absolute Gasteiger partial charge is 0.499 e. The van der Waals surface area contributed by atoms with Crippen LogP contribution in [0, 0.1) is 0 Å². The molecule has 1 aromatic heterocycles.